The Morgan fingerprint density at radius 1 is 1.07 bits per heavy atom. The molecule has 3 atom stereocenters. The Morgan fingerprint density at radius 3 is 2.52 bits per heavy atom. The van der Waals surface area contributed by atoms with Crippen molar-refractivity contribution in [3.8, 4) is 0 Å². The van der Waals surface area contributed by atoms with E-state index in [0.717, 1.165) is 70.9 Å². The van der Waals surface area contributed by atoms with Gasteiger partial charge in [0.2, 0.25) is 11.7 Å². The third kappa shape index (κ3) is 6.18. The third-order valence-corrected chi connectivity index (χ3v) is 10.2. The molecule has 2 fully saturated rings. The first kappa shape index (κ1) is 28.6. The number of nitrogens with one attached hydrogen (secondary N) is 1. The number of aromatic nitrogens is 1. The van der Waals surface area contributed by atoms with Crippen LogP contribution >= 0.6 is 0 Å². The lowest BCUT2D eigenvalue weighted by Crippen LogP contribution is -2.49. The average molecular weight is 548 g/mol. The van der Waals surface area contributed by atoms with Crippen molar-refractivity contribution in [1.29, 1.82) is 0 Å². The van der Waals surface area contributed by atoms with E-state index in [1.807, 2.05) is 4.90 Å². The largest absolute Gasteiger partial charge is 0.351 e. The van der Waals surface area contributed by atoms with Crippen LogP contribution in [0.25, 0.3) is 0 Å². The van der Waals surface area contributed by atoms with Crippen LogP contribution in [0.1, 0.15) is 106 Å². The van der Waals surface area contributed by atoms with Crippen molar-refractivity contribution < 1.29 is 18.9 Å². The normalized spacial score (nSPS) is 21.0. The highest BCUT2D eigenvalue weighted by Crippen LogP contribution is 2.46. The summed E-state index contributed by atoms with van der Waals surface area (Å²) >= 11 is 0. The monoisotopic (exact) mass is 547 g/mol. The number of carbonyl (C=O) groups excluding carboxylic acids is 3. The fourth-order valence-electron chi connectivity index (χ4n) is 7.44. The number of piperidine rings is 1. The average Bonchev–Trinajstić information content (AvgIpc) is 3.65. The molecule has 2 heterocycles. The zero-order chi connectivity index (χ0) is 28.1. The Balaban J connectivity index is 1.27. The number of likely N-dealkylation sites (tertiary alicyclic amines) is 1. The molecule has 7 heteroatoms. The number of ketones is 1. The van der Waals surface area contributed by atoms with Crippen LogP contribution in [0.4, 0.5) is 0 Å². The molecule has 1 spiro atoms. The van der Waals surface area contributed by atoms with Crippen LogP contribution in [-0.2, 0) is 21.4 Å². The quantitative estimate of drug-likeness (QED) is 0.402. The van der Waals surface area contributed by atoms with Crippen molar-refractivity contribution in [1.82, 2.24) is 15.4 Å². The van der Waals surface area contributed by atoms with Gasteiger partial charge in [-0.2, -0.15) is 0 Å². The predicted octanol–water partition coefficient (Wildman–Crippen LogP) is 5.87. The molecule has 1 aliphatic heterocycles. The van der Waals surface area contributed by atoms with Gasteiger partial charge in [-0.25, -0.2) is 0 Å². The van der Waals surface area contributed by atoms with Crippen molar-refractivity contribution in [3.63, 3.8) is 0 Å². The van der Waals surface area contributed by atoms with Crippen molar-refractivity contribution in [3.05, 3.63) is 53.4 Å². The summed E-state index contributed by atoms with van der Waals surface area (Å²) in [5.74, 6) is -0.151. The second-order valence-electron chi connectivity index (χ2n) is 12.6. The molecule has 1 saturated heterocycles. The number of Topliss-reactive ketones (excluding diaryl/α,β-unsaturated/α-hetero) is 1. The van der Waals surface area contributed by atoms with Gasteiger partial charge in [0.05, 0.1) is 12.2 Å². The maximum absolute atomic E-state index is 14.0. The van der Waals surface area contributed by atoms with Crippen LogP contribution in [0.2, 0.25) is 0 Å². The van der Waals surface area contributed by atoms with E-state index < -0.39 is 11.9 Å². The van der Waals surface area contributed by atoms with Gasteiger partial charge in [-0.15, -0.1) is 0 Å². The van der Waals surface area contributed by atoms with E-state index in [0.29, 0.717) is 12.3 Å². The second-order valence-corrected chi connectivity index (χ2v) is 12.6. The molecule has 2 aliphatic carbocycles. The molecule has 5 rings (SSSR count). The highest BCUT2D eigenvalue weighted by Gasteiger charge is 2.43. The van der Waals surface area contributed by atoms with Crippen molar-refractivity contribution in [2.75, 3.05) is 13.1 Å². The number of benzene rings is 1. The molecule has 2 aromatic rings. The number of fused-ring (bicyclic) bond motifs is 2. The van der Waals surface area contributed by atoms with Gasteiger partial charge in [0.15, 0.2) is 5.78 Å². The summed E-state index contributed by atoms with van der Waals surface area (Å²) in [5.41, 5.74) is 3.12. The van der Waals surface area contributed by atoms with Gasteiger partial charge in [-0.3, -0.25) is 14.4 Å². The molecule has 2 amide bonds. The molecule has 1 aromatic heterocycles. The molecule has 0 radical (unpaired) electrons. The molecule has 0 unspecified atom stereocenters. The predicted molar refractivity (Wildman–Crippen MR) is 154 cm³/mol. The van der Waals surface area contributed by atoms with Crippen molar-refractivity contribution in [2.24, 2.45) is 17.8 Å². The molecular formula is C33H45N3O4. The summed E-state index contributed by atoms with van der Waals surface area (Å²) in [7, 11) is 0. The van der Waals surface area contributed by atoms with Crippen LogP contribution < -0.4 is 5.32 Å². The first-order valence-corrected chi connectivity index (χ1v) is 15.5. The SMILES string of the molecule is CC[C@H](C)[C@H](CC(=O)[C@H](CC1CCCCC1)NC(=O)c1ccno1)C(=O)N1CCC2(CCc3ccccc32)CC1. The molecule has 1 N–H and O–H groups in total. The second kappa shape index (κ2) is 12.7. The standard InChI is InChI=1S/C33H45N3O4/c1-3-23(2)26(32(39)36-19-16-33(17-20-36)15-13-25-11-7-8-12-27(25)33)22-29(37)28(21-24-9-5-4-6-10-24)35-31(38)30-14-18-34-40-30/h7-8,11-12,14,18,23-24,26,28H,3-6,9-10,13,15-17,19-22H2,1-2H3,(H,35,38)/t23-,26-,28-/m0/s1. The number of aryl methyl sites for hydroxylation is 1. The van der Waals surface area contributed by atoms with E-state index in [-0.39, 0.29) is 41.1 Å². The third-order valence-electron chi connectivity index (χ3n) is 10.2. The summed E-state index contributed by atoms with van der Waals surface area (Å²) < 4.78 is 5.05. The zero-order valence-electron chi connectivity index (χ0n) is 24.2. The number of rotatable bonds is 10. The smallest absolute Gasteiger partial charge is 0.290 e. The number of carbonyl (C=O) groups is 3. The lowest BCUT2D eigenvalue weighted by Gasteiger charge is -2.42. The maximum Gasteiger partial charge on any atom is 0.290 e. The first-order valence-electron chi connectivity index (χ1n) is 15.5. The minimum Gasteiger partial charge on any atom is -0.351 e. The summed E-state index contributed by atoms with van der Waals surface area (Å²) in [4.78, 5) is 42.7. The van der Waals surface area contributed by atoms with Crippen LogP contribution in [-0.4, -0.2) is 46.8 Å². The van der Waals surface area contributed by atoms with Crippen molar-refractivity contribution in [2.45, 2.75) is 102 Å². The Labute approximate surface area is 238 Å². The van der Waals surface area contributed by atoms with E-state index in [9.17, 15) is 14.4 Å². The lowest BCUT2D eigenvalue weighted by molar-refractivity contribution is -0.141. The fraction of sp³-hybridized carbons (Fsp3) is 0.636. The molecule has 3 aliphatic rings. The summed E-state index contributed by atoms with van der Waals surface area (Å²) in [6.07, 6.45) is 13.0. The molecule has 7 nitrogen and oxygen atoms in total. The summed E-state index contributed by atoms with van der Waals surface area (Å²) in [5, 5.41) is 6.58. The van der Waals surface area contributed by atoms with E-state index in [1.165, 1.54) is 29.8 Å². The number of hydrogen-bond donors (Lipinski definition) is 1. The van der Waals surface area contributed by atoms with Gasteiger partial charge in [-0.05, 0) is 60.5 Å². The molecule has 216 valence electrons. The lowest BCUT2D eigenvalue weighted by atomic mass is 9.73. The molecule has 0 bridgehead atoms. The Hall–Kier alpha value is -2.96. The van der Waals surface area contributed by atoms with Gasteiger partial charge in [-0.1, -0.05) is 81.8 Å². The number of nitrogens with zero attached hydrogens (tertiary/aromatic N) is 2. The van der Waals surface area contributed by atoms with Gasteiger partial charge < -0.3 is 14.7 Å². The highest BCUT2D eigenvalue weighted by atomic mass is 16.5. The van der Waals surface area contributed by atoms with Crippen molar-refractivity contribution >= 4 is 17.6 Å². The number of hydrogen-bond acceptors (Lipinski definition) is 5. The van der Waals surface area contributed by atoms with Gasteiger partial charge in [0.25, 0.3) is 5.91 Å². The molecule has 1 saturated carbocycles. The Morgan fingerprint density at radius 2 is 1.82 bits per heavy atom. The van der Waals surface area contributed by atoms with Gasteiger partial charge >= 0.3 is 0 Å². The van der Waals surface area contributed by atoms with Gasteiger partial charge in [0.1, 0.15) is 0 Å². The van der Waals surface area contributed by atoms with Crippen LogP contribution in [0.15, 0.2) is 41.1 Å². The minimum atomic E-state index is -0.625. The van der Waals surface area contributed by atoms with Crippen LogP contribution in [0, 0.1) is 17.8 Å². The zero-order valence-corrected chi connectivity index (χ0v) is 24.2. The van der Waals surface area contributed by atoms with Gasteiger partial charge in [0, 0.05) is 31.5 Å². The van der Waals surface area contributed by atoms with Crippen LogP contribution in [0.3, 0.4) is 0 Å². The first-order chi connectivity index (χ1) is 19.4. The van der Waals surface area contributed by atoms with E-state index in [2.05, 4.69) is 48.6 Å². The fourth-order valence-corrected chi connectivity index (χ4v) is 7.44. The summed E-state index contributed by atoms with van der Waals surface area (Å²) in [6.45, 7) is 5.64. The maximum atomic E-state index is 14.0. The Bertz CT molecular complexity index is 1160. The molecule has 40 heavy (non-hydrogen) atoms. The molecular weight excluding hydrogens is 502 g/mol. The minimum absolute atomic E-state index is 0.0460. The molecule has 1 aromatic carbocycles. The topological polar surface area (TPSA) is 92.5 Å². The van der Waals surface area contributed by atoms with Crippen LogP contribution in [0.5, 0.6) is 0 Å². The highest BCUT2D eigenvalue weighted by molar-refractivity contribution is 5.97. The summed E-state index contributed by atoms with van der Waals surface area (Å²) in [6, 6.07) is 9.67. The van der Waals surface area contributed by atoms with E-state index in [4.69, 9.17) is 4.52 Å². The number of amides is 2. The Kier molecular flexibility index (Phi) is 9.07. The van der Waals surface area contributed by atoms with E-state index in [1.54, 1.807) is 0 Å². The van der Waals surface area contributed by atoms with E-state index >= 15 is 0 Å².